The lowest BCUT2D eigenvalue weighted by Gasteiger charge is -2.32. The topological polar surface area (TPSA) is 75.5 Å². The van der Waals surface area contributed by atoms with E-state index in [0.717, 1.165) is 6.42 Å². The number of rotatable bonds is 6. The van der Waals surface area contributed by atoms with Gasteiger partial charge in [-0.2, -0.15) is 10.2 Å². The first-order valence-corrected chi connectivity index (χ1v) is 6.85. The van der Waals surface area contributed by atoms with Gasteiger partial charge in [0, 0.05) is 13.1 Å². The van der Waals surface area contributed by atoms with Gasteiger partial charge in [-0.05, 0) is 19.4 Å². The molecule has 1 saturated heterocycles. The first kappa shape index (κ1) is 15.9. The van der Waals surface area contributed by atoms with Crippen molar-refractivity contribution in [2.75, 3.05) is 31.2 Å². The van der Waals surface area contributed by atoms with Gasteiger partial charge in [-0.1, -0.05) is 0 Å². The summed E-state index contributed by atoms with van der Waals surface area (Å²) in [5.41, 5.74) is 0.0653. The highest BCUT2D eigenvalue weighted by atomic mass is 19.3. The summed E-state index contributed by atoms with van der Waals surface area (Å²) in [5.74, 6) is -0.656. The van der Waals surface area contributed by atoms with E-state index in [4.69, 9.17) is 9.47 Å². The second-order valence-electron chi connectivity index (χ2n) is 4.59. The Bertz CT molecular complexity index is 598. The van der Waals surface area contributed by atoms with Crippen LogP contribution in [0.25, 0.3) is 0 Å². The van der Waals surface area contributed by atoms with Gasteiger partial charge in [0.1, 0.15) is 11.6 Å². The number of aromatic nitrogens is 1. The summed E-state index contributed by atoms with van der Waals surface area (Å²) in [6.45, 7) is 2.28. The molecule has 0 N–H and O–H groups in total. The summed E-state index contributed by atoms with van der Waals surface area (Å²) in [6, 6.07) is 3.24. The Morgan fingerprint density at radius 2 is 2.27 bits per heavy atom. The summed E-state index contributed by atoms with van der Waals surface area (Å²) >= 11 is 0. The quantitative estimate of drug-likeness (QED) is 0.748. The van der Waals surface area contributed by atoms with Crippen LogP contribution in [0.4, 0.5) is 14.6 Å². The van der Waals surface area contributed by atoms with Crippen molar-refractivity contribution in [1.29, 1.82) is 5.26 Å². The predicted octanol–water partition coefficient (Wildman–Crippen LogP) is 1.98. The number of ether oxygens (including phenoxy) is 2. The van der Waals surface area contributed by atoms with Gasteiger partial charge in [0.05, 0.1) is 12.2 Å². The molecule has 0 spiro atoms. The van der Waals surface area contributed by atoms with Gasteiger partial charge in [-0.25, -0.2) is 13.6 Å². The lowest BCUT2D eigenvalue weighted by atomic mass is 10.1. The molecule has 0 radical (unpaired) electrons. The van der Waals surface area contributed by atoms with Crippen LogP contribution in [0.5, 0.6) is 5.88 Å². The van der Waals surface area contributed by atoms with E-state index in [0.29, 0.717) is 18.9 Å². The van der Waals surface area contributed by atoms with E-state index in [1.807, 2.05) is 11.0 Å². The van der Waals surface area contributed by atoms with E-state index in [1.54, 1.807) is 6.92 Å². The molecule has 1 fully saturated rings. The standard InChI is InChI=1S/C14H15F2N3O3/c1-2-21-14(20)10-6-9(7-17)12(19-4-3-5-19)18-13(10)22-8-11(15)16/h6,11H,2-5,8H2,1H3. The summed E-state index contributed by atoms with van der Waals surface area (Å²) in [6.07, 6.45) is -1.74. The fourth-order valence-electron chi connectivity index (χ4n) is 1.95. The highest BCUT2D eigenvalue weighted by molar-refractivity contribution is 5.93. The summed E-state index contributed by atoms with van der Waals surface area (Å²) in [4.78, 5) is 17.8. The SMILES string of the molecule is CCOC(=O)c1cc(C#N)c(N2CCC2)nc1OCC(F)F. The van der Waals surface area contributed by atoms with Crippen LogP contribution >= 0.6 is 0 Å². The maximum atomic E-state index is 12.4. The number of hydrogen-bond donors (Lipinski definition) is 0. The Morgan fingerprint density at radius 1 is 1.55 bits per heavy atom. The van der Waals surface area contributed by atoms with Crippen LogP contribution in [0.15, 0.2) is 6.07 Å². The first-order valence-electron chi connectivity index (χ1n) is 6.85. The van der Waals surface area contributed by atoms with Gasteiger partial charge in [0.25, 0.3) is 6.43 Å². The average molecular weight is 311 g/mol. The zero-order valence-electron chi connectivity index (χ0n) is 12.0. The molecule has 118 valence electrons. The fraction of sp³-hybridized carbons (Fsp3) is 0.500. The van der Waals surface area contributed by atoms with Crippen molar-refractivity contribution < 1.29 is 23.0 Å². The molecular formula is C14H15F2N3O3. The van der Waals surface area contributed by atoms with Crippen LogP contribution in [0, 0.1) is 11.3 Å². The number of pyridine rings is 1. The molecule has 8 heteroatoms. The lowest BCUT2D eigenvalue weighted by molar-refractivity contribution is 0.0504. The number of carbonyl (C=O) groups excluding carboxylic acids is 1. The summed E-state index contributed by atoms with van der Waals surface area (Å²) in [7, 11) is 0. The fourth-order valence-corrected chi connectivity index (χ4v) is 1.95. The number of hydrogen-bond acceptors (Lipinski definition) is 6. The van der Waals surface area contributed by atoms with Crippen LogP contribution in [0.2, 0.25) is 0 Å². The minimum atomic E-state index is -2.69. The van der Waals surface area contributed by atoms with E-state index in [-0.39, 0.29) is 23.6 Å². The second-order valence-corrected chi connectivity index (χ2v) is 4.59. The molecule has 2 rings (SSSR count). The maximum absolute atomic E-state index is 12.4. The number of nitrogens with zero attached hydrogens (tertiary/aromatic N) is 3. The van der Waals surface area contributed by atoms with Gasteiger partial charge < -0.3 is 14.4 Å². The molecule has 0 unspecified atom stereocenters. The van der Waals surface area contributed by atoms with Gasteiger partial charge in [0.15, 0.2) is 12.4 Å². The molecule has 0 atom stereocenters. The second kappa shape index (κ2) is 7.02. The van der Waals surface area contributed by atoms with Crippen LogP contribution in [-0.4, -0.2) is 43.7 Å². The van der Waals surface area contributed by atoms with Crippen LogP contribution < -0.4 is 9.64 Å². The third kappa shape index (κ3) is 3.42. The molecule has 0 amide bonds. The Balaban J connectivity index is 2.40. The number of anilines is 1. The van der Waals surface area contributed by atoms with Crippen molar-refractivity contribution in [3.8, 4) is 11.9 Å². The van der Waals surface area contributed by atoms with Crippen molar-refractivity contribution in [1.82, 2.24) is 4.98 Å². The predicted molar refractivity (Wildman–Crippen MR) is 73.2 cm³/mol. The lowest BCUT2D eigenvalue weighted by Crippen LogP contribution is -2.38. The minimum absolute atomic E-state index is 0.114. The summed E-state index contributed by atoms with van der Waals surface area (Å²) in [5, 5.41) is 9.20. The monoisotopic (exact) mass is 311 g/mol. The van der Waals surface area contributed by atoms with Gasteiger partial charge in [0.2, 0.25) is 5.88 Å². The van der Waals surface area contributed by atoms with Crippen LogP contribution in [0.1, 0.15) is 29.3 Å². The van der Waals surface area contributed by atoms with E-state index in [2.05, 4.69) is 4.98 Å². The van der Waals surface area contributed by atoms with Crippen molar-refractivity contribution >= 4 is 11.8 Å². The molecule has 1 aliphatic rings. The molecule has 1 aliphatic heterocycles. The van der Waals surface area contributed by atoms with Gasteiger partial charge in [-0.3, -0.25) is 0 Å². The molecular weight excluding hydrogens is 296 g/mol. The van der Waals surface area contributed by atoms with Gasteiger partial charge >= 0.3 is 5.97 Å². The molecule has 22 heavy (non-hydrogen) atoms. The van der Waals surface area contributed by atoms with Crippen molar-refractivity contribution in [3.63, 3.8) is 0 Å². The Hall–Kier alpha value is -2.43. The highest BCUT2D eigenvalue weighted by Crippen LogP contribution is 2.29. The number of halogens is 2. The van der Waals surface area contributed by atoms with E-state index >= 15 is 0 Å². The molecule has 0 bridgehead atoms. The number of carbonyl (C=O) groups is 1. The van der Waals surface area contributed by atoms with Gasteiger partial charge in [-0.15, -0.1) is 0 Å². The van der Waals surface area contributed by atoms with E-state index in [1.165, 1.54) is 6.07 Å². The molecule has 1 aromatic rings. The largest absolute Gasteiger partial charge is 0.471 e. The molecule has 1 aromatic heterocycles. The molecule has 0 aromatic carbocycles. The zero-order chi connectivity index (χ0) is 16.1. The maximum Gasteiger partial charge on any atom is 0.343 e. The third-order valence-corrected chi connectivity index (χ3v) is 3.08. The highest BCUT2D eigenvalue weighted by Gasteiger charge is 2.25. The molecule has 0 saturated carbocycles. The molecule has 2 heterocycles. The molecule has 0 aliphatic carbocycles. The van der Waals surface area contributed by atoms with Crippen LogP contribution in [0.3, 0.4) is 0 Å². The smallest absolute Gasteiger partial charge is 0.343 e. The zero-order valence-corrected chi connectivity index (χ0v) is 12.0. The van der Waals surface area contributed by atoms with Crippen molar-refractivity contribution in [2.45, 2.75) is 19.8 Å². The molecule has 6 nitrogen and oxygen atoms in total. The number of nitriles is 1. The minimum Gasteiger partial charge on any atom is -0.471 e. The Labute approximate surface area is 126 Å². The number of alkyl halides is 2. The average Bonchev–Trinajstić information content (AvgIpc) is 2.43. The third-order valence-electron chi connectivity index (χ3n) is 3.08. The van der Waals surface area contributed by atoms with E-state index < -0.39 is 19.0 Å². The van der Waals surface area contributed by atoms with Crippen molar-refractivity contribution in [2.24, 2.45) is 0 Å². The Morgan fingerprint density at radius 3 is 2.77 bits per heavy atom. The number of esters is 1. The van der Waals surface area contributed by atoms with Crippen molar-refractivity contribution in [3.05, 3.63) is 17.2 Å². The van der Waals surface area contributed by atoms with E-state index in [9.17, 15) is 18.8 Å². The normalized spacial score (nSPS) is 13.5. The van der Waals surface area contributed by atoms with Crippen LogP contribution in [-0.2, 0) is 4.74 Å². The first-order chi connectivity index (χ1) is 10.6. The Kier molecular flexibility index (Phi) is 5.09. The summed E-state index contributed by atoms with van der Waals surface area (Å²) < 4.78 is 34.5.